The van der Waals surface area contributed by atoms with Gasteiger partial charge < -0.3 is 5.32 Å². The minimum Gasteiger partial charge on any atom is -0.307 e. The average molecular weight is 295 g/mol. The molecule has 2 nitrogen and oxygen atoms in total. The van der Waals surface area contributed by atoms with Gasteiger partial charge in [-0.05, 0) is 29.7 Å². The van der Waals surface area contributed by atoms with Crippen molar-refractivity contribution in [1.29, 1.82) is 0 Å². The van der Waals surface area contributed by atoms with Crippen molar-refractivity contribution in [1.82, 2.24) is 5.32 Å². The average Bonchev–Trinajstić information content (AvgIpc) is 2.55. The molecule has 2 rings (SSSR count). The van der Waals surface area contributed by atoms with Crippen LogP contribution in [-0.4, -0.2) is 18.4 Å². The summed E-state index contributed by atoms with van der Waals surface area (Å²) in [6, 6.07) is 18.8. The molecule has 22 heavy (non-hydrogen) atoms. The lowest BCUT2D eigenvalue weighted by Gasteiger charge is -2.19. The van der Waals surface area contributed by atoms with Gasteiger partial charge in [0.1, 0.15) is 0 Å². The van der Waals surface area contributed by atoms with Gasteiger partial charge in [-0.15, -0.1) is 0 Å². The molecule has 0 unspecified atom stereocenters. The van der Waals surface area contributed by atoms with E-state index in [4.69, 9.17) is 0 Å². The van der Waals surface area contributed by atoms with Crippen LogP contribution >= 0.6 is 0 Å². The number of benzene rings is 2. The Bertz CT molecular complexity index is 587. The molecule has 1 atom stereocenters. The molecule has 0 aliphatic carbocycles. The third kappa shape index (κ3) is 4.28. The van der Waals surface area contributed by atoms with Crippen molar-refractivity contribution in [2.75, 3.05) is 6.54 Å². The van der Waals surface area contributed by atoms with E-state index in [1.54, 1.807) is 0 Å². The van der Waals surface area contributed by atoms with Gasteiger partial charge in [-0.2, -0.15) is 0 Å². The SMILES string of the molecule is CCN[C@@H](Cc1ccc(-c2ccccc2)cc1)C(=O)C(C)C. The summed E-state index contributed by atoms with van der Waals surface area (Å²) in [5, 5.41) is 3.31. The highest BCUT2D eigenvalue weighted by Gasteiger charge is 2.20. The second kappa shape index (κ2) is 7.90. The van der Waals surface area contributed by atoms with Crippen molar-refractivity contribution in [3.63, 3.8) is 0 Å². The van der Waals surface area contributed by atoms with Gasteiger partial charge in [-0.25, -0.2) is 0 Å². The Morgan fingerprint density at radius 3 is 2.09 bits per heavy atom. The van der Waals surface area contributed by atoms with Crippen LogP contribution in [0.4, 0.5) is 0 Å². The van der Waals surface area contributed by atoms with Crippen molar-refractivity contribution in [3.8, 4) is 11.1 Å². The maximum absolute atomic E-state index is 12.3. The molecule has 0 aliphatic rings. The van der Waals surface area contributed by atoms with Crippen molar-refractivity contribution in [2.45, 2.75) is 33.2 Å². The second-order valence-corrected chi connectivity index (χ2v) is 5.93. The molecule has 0 heterocycles. The molecular formula is C20H25NO. The molecule has 0 saturated carbocycles. The van der Waals surface area contributed by atoms with E-state index in [1.807, 2.05) is 39.0 Å². The zero-order valence-electron chi connectivity index (χ0n) is 13.7. The Labute approximate surface area is 133 Å². The fraction of sp³-hybridized carbons (Fsp3) is 0.350. The van der Waals surface area contributed by atoms with Crippen LogP contribution in [0.2, 0.25) is 0 Å². The Kier molecular flexibility index (Phi) is 5.91. The van der Waals surface area contributed by atoms with Gasteiger partial charge in [0, 0.05) is 5.92 Å². The molecule has 2 heteroatoms. The fourth-order valence-corrected chi connectivity index (χ4v) is 2.62. The number of likely N-dealkylation sites (N-methyl/N-ethyl adjacent to an activating group) is 1. The smallest absolute Gasteiger partial charge is 0.152 e. The van der Waals surface area contributed by atoms with Gasteiger partial charge in [0.2, 0.25) is 0 Å². The lowest BCUT2D eigenvalue weighted by molar-refractivity contribution is -0.123. The second-order valence-electron chi connectivity index (χ2n) is 5.93. The molecule has 0 radical (unpaired) electrons. The summed E-state index contributed by atoms with van der Waals surface area (Å²) in [5.74, 6) is 0.349. The zero-order valence-corrected chi connectivity index (χ0v) is 13.7. The molecule has 0 aromatic heterocycles. The van der Waals surface area contributed by atoms with Crippen LogP contribution in [0.15, 0.2) is 54.6 Å². The molecule has 0 bridgehead atoms. The molecule has 116 valence electrons. The van der Waals surface area contributed by atoms with Crippen LogP contribution in [0.5, 0.6) is 0 Å². The summed E-state index contributed by atoms with van der Waals surface area (Å²) in [4.78, 5) is 12.3. The summed E-state index contributed by atoms with van der Waals surface area (Å²) in [6.07, 6.45) is 0.750. The lowest BCUT2D eigenvalue weighted by atomic mass is 9.94. The minimum atomic E-state index is -0.0902. The largest absolute Gasteiger partial charge is 0.307 e. The molecule has 1 N–H and O–H groups in total. The van der Waals surface area contributed by atoms with E-state index < -0.39 is 0 Å². The van der Waals surface area contributed by atoms with Crippen molar-refractivity contribution in [3.05, 3.63) is 60.2 Å². The summed E-state index contributed by atoms with van der Waals surface area (Å²) in [7, 11) is 0. The van der Waals surface area contributed by atoms with E-state index in [9.17, 15) is 4.79 Å². The van der Waals surface area contributed by atoms with E-state index in [0.29, 0.717) is 0 Å². The van der Waals surface area contributed by atoms with E-state index in [1.165, 1.54) is 16.7 Å². The van der Waals surface area contributed by atoms with E-state index >= 15 is 0 Å². The van der Waals surface area contributed by atoms with Crippen LogP contribution < -0.4 is 5.32 Å². The highest BCUT2D eigenvalue weighted by molar-refractivity contribution is 5.86. The van der Waals surface area contributed by atoms with Crippen LogP contribution in [0.3, 0.4) is 0 Å². The zero-order chi connectivity index (χ0) is 15.9. The molecule has 0 fully saturated rings. The van der Waals surface area contributed by atoms with E-state index in [-0.39, 0.29) is 17.7 Å². The highest BCUT2D eigenvalue weighted by atomic mass is 16.1. The van der Waals surface area contributed by atoms with E-state index in [0.717, 1.165) is 13.0 Å². The summed E-state index contributed by atoms with van der Waals surface area (Å²) in [6.45, 7) is 6.78. The summed E-state index contributed by atoms with van der Waals surface area (Å²) in [5.41, 5.74) is 3.62. The van der Waals surface area contributed by atoms with Gasteiger partial charge in [-0.3, -0.25) is 4.79 Å². The number of carbonyl (C=O) groups is 1. The number of nitrogens with one attached hydrogen (secondary N) is 1. The molecule has 2 aromatic rings. The first-order valence-corrected chi connectivity index (χ1v) is 8.03. The monoisotopic (exact) mass is 295 g/mol. The molecule has 0 saturated heterocycles. The fourth-order valence-electron chi connectivity index (χ4n) is 2.62. The van der Waals surface area contributed by atoms with Gasteiger partial charge in [0.15, 0.2) is 5.78 Å². The number of ketones is 1. The standard InChI is InChI=1S/C20H25NO/c1-4-21-19(20(22)15(2)3)14-16-10-12-18(13-11-16)17-8-6-5-7-9-17/h5-13,15,19,21H,4,14H2,1-3H3/t19-/m0/s1. The Morgan fingerprint density at radius 1 is 0.955 bits per heavy atom. The highest BCUT2D eigenvalue weighted by Crippen LogP contribution is 2.20. The molecule has 0 spiro atoms. The van der Waals surface area contributed by atoms with Crippen LogP contribution in [0, 0.1) is 5.92 Å². The number of hydrogen-bond donors (Lipinski definition) is 1. The molecule has 0 aliphatic heterocycles. The third-order valence-electron chi connectivity index (χ3n) is 3.86. The van der Waals surface area contributed by atoms with Crippen molar-refractivity contribution in [2.24, 2.45) is 5.92 Å². The van der Waals surface area contributed by atoms with Crippen molar-refractivity contribution < 1.29 is 4.79 Å². The number of hydrogen-bond acceptors (Lipinski definition) is 2. The topological polar surface area (TPSA) is 29.1 Å². The van der Waals surface area contributed by atoms with E-state index in [2.05, 4.69) is 41.7 Å². The Balaban J connectivity index is 2.11. The number of carbonyl (C=O) groups excluding carboxylic acids is 1. The first-order valence-electron chi connectivity index (χ1n) is 8.03. The summed E-state index contributed by atoms with van der Waals surface area (Å²) >= 11 is 0. The predicted octanol–water partition coefficient (Wildman–Crippen LogP) is 4.10. The number of Topliss-reactive ketones (excluding diaryl/α,β-unsaturated/α-hetero) is 1. The van der Waals surface area contributed by atoms with Gasteiger partial charge >= 0.3 is 0 Å². The molecular weight excluding hydrogens is 270 g/mol. The third-order valence-corrected chi connectivity index (χ3v) is 3.86. The van der Waals surface area contributed by atoms with Crippen LogP contribution in [-0.2, 0) is 11.2 Å². The normalized spacial score (nSPS) is 12.4. The lowest BCUT2D eigenvalue weighted by Crippen LogP contribution is -2.40. The Morgan fingerprint density at radius 2 is 1.55 bits per heavy atom. The Hall–Kier alpha value is -1.93. The quantitative estimate of drug-likeness (QED) is 0.833. The van der Waals surface area contributed by atoms with Gasteiger partial charge in [0.05, 0.1) is 6.04 Å². The summed E-state index contributed by atoms with van der Waals surface area (Å²) < 4.78 is 0. The molecule has 2 aromatic carbocycles. The van der Waals surface area contributed by atoms with Gasteiger partial charge in [0.25, 0.3) is 0 Å². The first kappa shape index (κ1) is 16.4. The molecule has 0 amide bonds. The first-order chi connectivity index (χ1) is 10.6. The van der Waals surface area contributed by atoms with Crippen LogP contribution in [0.25, 0.3) is 11.1 Å². The number of rotatable bonds is 7. The van der Waals surface area contributed by atoms with Crippen LogP contribution in [0.1, 0.15) is 26.3 Å². The minimum absolute atomic E-state index is 0.0626. The van der Waals surface area contributed by atoms with Crippen molar-refractivity contribution >= 4 is 5.78 Å². The predicted molar refractivity (Wildman–Crippen MR) is 92.9 cm³/mol. The maximum Gasteiger partial charge on any atom is 0.152 e. The maximum atomic E-state index is 12.3. The van der Waals surface area contributed by atoms with Gasteiger partial charge in [-0.1, -0.05) is 75.4 Å².